The lowest BCUT2D eigenvalue weighted by molar-refractivity contribution is -0.117. The van der Waals surface area contributed by atoms with Gasteiger partial charge in [0.15, 0.2) is 11.5 Å². The number of fused-ring (bicyclic) bond motifs is 1. The average Bonchev–Trinajstić information content (AvgIpc) is 2.35. The summed E-state index contributed by atoms with van der Waals surface area (Å²) < 4.78 is 10.4. The van der Waals surface area contributed by atoms with Crippen molar-refractivity contribution >= 4 is 11.6 Å². The molecule has 1 atom stereocenters. The van der Waals surface area contributed by atoms with Gasteiger partial charge in [0.1, 0.15) is 0 Å². The van der Waals surface area contributed by atoms with Gasteiger partial charge in [-0.3, -0.25) is 4.79 Å². The molecule has 5 heteroatoms. The zero-order valence-electron chi connectivity index (χ0n) is 9.82. The van der Waals surface area contributed by atoms with E-state index in [1.807, 2.05) is 0 Å². The van der Waals surface area contributed by atoms with Crippen molar-refractivity contribution in [3.05, 3.63) is 17.7 Å². The van der Waals surface area contributed by atoms with E-state index in [0.29, 0.717) is 23.6 Å². The Bertz CT molecular complexity index is 444. The standard InChI is InChI=1S/C12H15NO4/c1-16-10-4-8-7(6-14)3-12(15)13-9(8)5-11(10)17-2/h4-5,7,14H,3,6H2,1-2H3,(H,13,15). The highest BCUT2D eigenvalue weighted by Crippen LogP contribution is 2.40. The Kier molecular flexibility index (Phi) is 3.19. The molecule has 1 aromatic rings. The third-order valence-corrected chi connectivity index (χ3v) is 2.92. The fourth-order valence-electron chi connectivity index (χ4n) is 2.04. The number of benzene rings is 1. The number of anilines is 1. The maximum atomic E-state index is 11.5. The lowest BCUT2D eigenvalue weighted by Gasteiger charge is -2.25. The molecule has 0 fully saturated rings. The van der Waals surface area contributed by atoms with E-state index in [9.17, 15) is 9.90 Å². The molecule has 1 aliphatic heterocycles. The maximum absolute atomic E-state index is 11.5. The molecule has 0 aromatic heterocycles. The highest BCUT2D eigenvalue weighted by molar-refractivity contribution is 5.95. The second-order valence-corrected chi connectivity index (χ2v) is 3.93. The number of hydrogen-bond acceptors (Lipinski definition) is 4. The fourth-order valence-corrected chi connectivity index (χ4v) is 2.04. The predicted molar refractivity (Wildman–Crippen MR) is 62.6 cm³/mol. The van der Waals surface area contributed by atoms with Gasteiger partial charge in [-0.2, -0.15) is 0 Å². The summed E-state index contributed by atoms with van der Waals surface area (Å²) in [5, 5.41) is 12.1. The quantitative estimate of drug-likeness (QED) is 0.826. The summed E-state index contributed by atoms with van der Waals surface area (Å²) in [5.41, 5.74) is 1.56. The first-order chi connectivity index (χ1) is 8.19. The van der Waals surface area contributed by atoms with Crippen LogP contribution < -0.4 is 14.8 Å². The summed E-state index contributed by atoms with van der Waals surface area (Å²) in [4.78, 5) is 11.5. The monoisotopic (exact) mass is 237 g/mol. The molecular weight excluding hydrogens is 222 g/mol. The van der Waals surface area contributed by atoms with Gasteiger partial charge in [0.05, 0.1) is 20.8 Å². The number of methoxy groups -OCH3 is 2. The zero-order chi connectivity index (χ0) is 12.4. The number of rotatable bonds is 3. The normalized spacial score (nSPS) is 18.3. The van der Waals surface area contributed by atoms with E-state index in [4.69, 9.17) is 9.47 Å². The van der Waals surface area contributed by atoms with E-state index in [2.05, 4.69) is 5.32 Å². The van der Waals surface area contributed by atoms with Gasteiger partial charge in [0.25, 0.3) is 0 Å². The summed E-state index contributed by atoms with van der Waals surface area (Å²) in [6.45, 7) is -0.0596. The first-order valence-electron chi connectivity index (χ1n) is 5.36. The van der Waals surface area contributed by atoms with Crippen LogP contribution in [0.15, 0.2) is 12.1 Å². The Labute approximate surface area is 99.3 Å². The predicted octanol–water partition coefficient (Wildman–Crippen LogP) is 1.12. The molecule has 5 nitrogen and oxygen atoms in total. The molecule has 0 saturated heterocycles. The van der Waals surface area contributed by atoms with Crippen LogP contribution in [0.3, 0.4) is 0 Å². The lowest BCUT2D eigenvalue weighted by Crippen LogP contribution is -2.24. The minimum absolute atomic E-state index is 0.0596. The summed E-state index contributed by atoms with van der Waals surface area (Å²) in [6.07, 6.45) is 0.291. The van der Waals surface area contributed by atoms with E-state index in [1.165, 1.54) is 0 Å². The van der Waals surface area contributed by atoms with Crippen LogP contribution in [0.4, 0.5) is 5.69 Å². The molecule has 0 aliphatic carbocycles. The van der Waals surface area contributed by atoms with Gasteiger partial charge in [0, 0.05) is 24.1 Å². The Balaban J connectivity index is 2.50. The van der Waals surface area contributed by atoms with Crippen LogP contribution in [-0.4, -0.2) is 31.8 Å². The van der Waals surface area contributed by atoms with Crippen molar-refractivity contribution < 1.29 is 19.4 Å². The Morgan fingerprint density at radius 1 is 1.35 bits per heavy atom. The summed E-state index contributed by atoms with van der Waals surface area (Å²) >= 11 is 0. The third-order valence-electron chi connectivity index (χ3n) is 2.92. The number of carbonyl (C=O) groups is 1. The van der Waals surface area contributed by atoms with E-state index in [1.54, 1.807) is 26.4 Å². The number of aliphatic hydroxyl groups is 1. The molecule has 17 heavy (non-hydrogen) atoms. The molecule has 0 spiro atoms. The lowest BCUT2D eigenvalue weighted by atomic mass is 9.91. The number of nitrogens with one attached hydrogen (secondary N) is 1. The Morgan fingerprint density at radius 2 is 2.00 bits per heavy atom. The van der Waals surface area contributed by atoms with Crippen LogP contribution >= 0.6 is 0 Å². The zero-order valence-corrected chi connectivity index (χ0v) is 9.82. The van der Waals surface area contributed by atoms with Crippen LogP contribution in [-0.2, 0) is 4.79 Å². The van der Waals surface area contributed by atoms with E-state index >= 15 is 0 Å². The second-order valence-electron chi connectivity index (χ2n) is 3.93. The highest BCUT2D eigenvalue weighted by atomic mass is 16.5. The maximum Gasteiger partial charge on any atom is 0.225 e. The average molecular weight is 237 g/mol. The molecule has 2 N–H and O–H groups in total. The molecule has 0 radical (unpaired) electrons. The molecule has 1 aromatic carbocycles. The third kappa shape index (κ3) is 2.06. The summed E-state index contributed by atoms with van der Waals surface area (Å²) in [5.74, 6) is 0.883. The number of ether oxygens (including phenoxy) is 2. The molecular formula is C12H15NO4. The largest absolute Gasteiger partial charge is 0.493 e. The highest BCUT2D eigenvalue weighted by Gasteiger charge is 2.26. The van der Waals surface area contributed by atoms with E-state index < -0.39 is 0 Å². The van der Waals surface area contributed by atoms with Crippen molar-refractivity contribution in [2.24, 2.45) is 0 Å². The molecule has 1 unspecified atom stereocenters. The van der Waals surface area contributed by atoms with Crippen molar-refractivity contribution in [1.29, 1.82) is 0 Å². The number of aliphatic hydroxyl groups excluding tert-OH is 1. The van der Waals surface area contributed by atoms with Crippen LogP contribution in [0, 0.1) is 0 Å². The van der Waals surface area contributed by atoms with E-state index in [-0.39, 0.29) is 18.4 Å². The van der Waals surface area contributed by atoms with Crippen LogP contribution in [0.5, 0.6) is 11.5 Å². The molecule has 0 saturated carbocycles. The first-order valence-corrected chi connectivity index (χ1v) is 5.36. The SMILES string of the molecule is COc1cc2c(cc1OC)C(CO)CC(=O)N2. The van der Waals surface area contributed by atoms with Crippen LogP contribution in [0.2, 0.25) is 0 Å². The summed E-state index contributed by atoms with van der Waals surface area (Å²) in [7, 11) is 3.10. The smallest absolute Gasteiger partial charge is 0.225 e. The molecule has 2 rings (SSSR count). The number of carbonyl (C=O) groups excluding carboxylic acids is 1. The van der Waals surface area contributed by atoms with Crippen molar-refractivity contribution in [3.63, 3.8) is 0 Å². The van der Waals surface area contributed by atoms with Gasteiger partial charge in [-0.1, -0.05) is 0 Å². The van der Waals surface area contributed by atoms with Crippen molar-refractivity contribution in [3.8, 4) is 11.5 Å². The Morgan fingerprint density at radius 3 is 2.59 bits per heavy atom. The van der Waals surface area contributed by atoms with Gasteiger partial charge in [-0.15, -0.1) is 0 Å². The van der Waals surface area contributed by atoms with Crippen molar-refractivity contribution in [1.82, 2.24) is 0 Å². The molecule has 1 aliphatic rings. The Hall–Kier alpha value is -1.75. The second kappa shape index (κ2) is 4.63. The van der Waals surface area contributed by atoms with Crippen molar-refractivity contribution in [2.75, 3.05) is 26.1 Å². The number of hydrogen-bond donors (Lipinski definition) is 2. The summed E-state index contributed by atoms with van der Waals surface area (Å²) in [6, 6.07) is 3.52. The minimum Gasteiger partial charge on any atom is -0.493 e. The first kappa shape index (κ1) is 11.7. The van der Waals surface area contributed by atoms with Gasteiger partial charge in [-0.05, 0) is 11.6 Å². The number of amides is 1. The van der Waals surface area contributed by atoms with Crippen LogP contribution in [0.1, 0.15) is 17.9 Å². The van der Waals surface area contributed by atoms with Crippen molar-refractivity contribution in [2.45, 2.75) is 12.3 Å². The molecule has 1 heterocycles. The van der Waals surface area contributed by atoms with Gasteiger partial charge in [0.2, 0.25) is 5.91 Å². The topological polar surface area (TPSA) is 67.8 Å². The van der Waals surface area contributed by atoms with Gasteiger partial charge >= 0.3 is 0 Å². The fraction of sp³-hybridized carbons (Fsp3) is 0.417. The van der Waals surface area contributed by atoms with Crippen LogP contribution in [0.25, 0.3) is 0 Å². The van der Waals surface area contributed by atoms with Gasteiger partial charge in [-0.25, -0.2) is 0 Å². The molecule has 0 bridgehead atoms. The minimum atomic E-state index is -0.182. The molecule has 92 valence electrons. The van der Waals surface area contributed by atoms with E-state index in [0.717, 1.165) is 5.56 Å². The van der Waals surface area contributed by atoms with Gasteiger partial charge < -0.3 is 19.9 Å². The molecule has 1 amide bonds.